The minimum atomic E-state index is 0.259. The molecule has 0 amide bonds. The molecule has 0 spiro atoms. The number of anilines is 1. The normalized spacial score (nSPS) is 11.4. The molecule has 4 nitrogen and oxygen atoms in total. The summed E-state index contributed by atoms with van der Waals surface area (Å²) in [6.07, 6.45) is 0. The van der Waals surface area contributed by atoms with Crippen molar-refractivity contribution in [3.63, 3.8) is 0 Å². The van der Waals surface area contributed by atoms with E-state index >= 15 is 0 Å². The van der Waals surface area contributed by atoms with Gasteiger partial charge in [-0.15, -0.1) is 0 Å². The van der Waals surface area contributed by atoms with Gasteiger partial charge in [-0.25, -0.2) is 0 Å². The quantitative estimate of drug-likeness (QED) is 0.382. The minimum absolute atomic E-state index is 0.259. The second kappa shape index (κ2) is 5.24. The van der Waals surface area contributed by atoms with Gasteiger partial charge in [0.1, 0.15) is 0 Å². The molecule has 0 fully saturated rings. The third kappa shape index (κ3) is 3.06. The fourth-order valence-electron chi connectivity index (χ4n) is 1.02. The lowest BCUT2D eigenvalue weighted by Gasteiger charge is -2.06. The number of oxime groups is 1. The molecule has 0 aliphatic carbocycles. The molecule has 0 saturated heterocycles. The maximum absolute atomic E-state index is 8.52. The van der Waals surface area contributed by atoms with Gasteiger partial charge in [-0.3, -0.25) is 0 Å². The summed E-state index contributed by atoms with van der Waals surface area (Å²) in [5.41, 5.74) is 8.08. The highest BCUT2D eigenvalue weighted by atomic mass is 16.4. The van der Waals surface area contributed by atoms with Gasteiger partial charge in [0.05, 0.1) is 12.3 Å². The molecule has 1 rings (SSSR count). The Morgan fingerprint density at radius 3 is 2.57 bits per heavy atom. The Labute approximate surface area is 83.4 Å². The fraction of sp³-hybridized carbons (Fsp3) is 0.300. The molecule has 0 radical (unpaired) electrons. The van der Waals surface area contributed by atoms with E-state index in [2.05, 4.69) is 10.5 Å². The van der Waals surface area contributed by atoms with Gasteiger partial charge in [0.15, 0.2) is 0 Å². The topological polar surface area (TPSA) is 70.6 Å². The van der Waals surface area contributed by atoms with Gasteiger partial charge in [0, 0.05) is 12.2 Å². The third-order valence-electron chi connectivity index (χ3n) is 1.93. The van der Waals surface area contributed by atoms with Crippen molar-refractivity contribution in [1.29, 1.82) is 0 Å². The van der Waals surface area contributed by atoms with Crippen LogP contribution in [0.15, 0.2) is 29.4 Å². The zero-order valence-corrected chi connectivity index (χ0v) is 8.20. The molecule has 0 heterocycles. The Balaban J connectivity index is 2.49. The fourth-order valence-corrected chi connectivity index (χ4v) is 1.02. The predicted molar refractivity (Wildman–Crippen MR) is 57.9 cm³/mol. The summed E-state index contributed by atoms with van der Waals surface area (Å²) < 4.78 is 0. The summed E-state index contributed by atoms with van der Waals surface area (Å²) in [6.45, 7) is 2.76. The number of nitrogens with two attached hydrogens (primary N) is 1. The molecule has 0 aliphatic heterocycles. The van der Waals surface area contributed by atoms with Crippen LogP contribution < -0.4 is 11.1 Å². The largest absolute Gasteiger partial charge is 0.411 e. The van der Waals surface area contributed by atoms with E-state index in [4.69, 9.17) is 10.9 Å². The number of hydrogen-bond acceptors (Lipinski definition) is 4. The highest BCUT2D eigenvalue weighted by Gasteiger charge is 1.96. The van der Waals surface area contributed by atoms with Crippen LogP contribution in [0.1, 0.15) is 5.56 Å². The minimum Gasteiger partial charge on any atom is -0.411 e. The maximum atomic E-state index is 8.52. The predicted octanol–water partition coefficient (Wildman–Crippen LogP) is 1.20. The number of nitrogens with zero attached hydrogens (tertiary/aromatic N) is 1. The van der Waals surface area contributed by atoms with Crippen LogP contribution in [-0.2, 0) is 0 Å². The van der Waals surface area contributed by atoms with E-state index in [1.165, 1.54) is 5.56 Å². The van der Waals surface area contributed by atoms with Crippen molar-refractivity contribution in [2.75, 3.05) is 18.4 Å². The lowest BCUT2D eigenvalue weighted by atomic mass is 10.2. The Bertz CT molecular complexity index is 306. The van der Waals surface area contributed by atoms with Crippen molar-refractivity contribution in [1.82, 2.24) is 0 Å². The molecular formula is C10H15N3O. The maximum Gasteiger partial charge on any atom is 0.0896 e. The van der Waals surface area contributed by atoms with Gasteiger partial charge in [-0.2, -0.15) is 0 Å². The molecule has 0 aromatic heterocycles. The second-order valence-corrected chi connectivity index (χ2v) is 3.09. The average molecular weight is 193 g/mol. The van der Waals surface area contributed by atoms with Gasteiger partial charge in [-0.1, -0.05) is 22.9 Å². The molecule has 4 N–H and O–H groups in total. The first-order valence-corrected chi connectivity index (χ1v) is 4.46. The monoisotopic (exact) mass is 193 g/mol. The zero-order valence-electron chi connectivity index (χ0n) is 8.20. The zero-order chi connectivity index (χ0) is 10.4. The van der Waals surface area contributed by atoms with Crippen LogP contribution in [-0.4, -0.2) is 24.0 Å². The molecule has 76 valence electrons. The van der Waals surface area contributed by atoms with E-state index in [0.29, 0.717) is 12.3 Å². The Morgan fingerprint density at radius 1 is 1.43 bits per heavy atom. The van der Waals surface area contributed by atoms with Crippen molar-refractivity contribution in [3.05, 3.63) is 29.8 Å². The number of aryl methyl sites for hydroxylation is 1. The van der Waals surface area contributed by atoms with Crippen molar-refractivity contribution >= 4 is 11.4 Å². The summed E-state index contributed by atoms with van der Waals surface area (Å²) in [4.78, 5) is 0. The van der Waals surface area contributed by atoms with Gasteiger partial charge in [0.2, 0.25) is 0 Å². The third-order valence-corrected chi connectivity index (χ3v) is 1.93. The second-order valence-electron chi connectivity index (χ2n) is 3.09. The van der Waals surface area contributed by atoms with Crippen LogP contribution in [0.2, 0.25) is 0 Å². The highest BCUT2D eigenvalue weighted by molar-refractivity contribution is 5.89. The average Bonchev–Trinajstić information content (AvgIpc) is 2.22. The Hall–Kier alpha value is -1.55. The molecular weight excluding hydrogens is 178 g/mol. The van der Waals surface area contributed by atoms with Gasteiger partial charge < -0.3 is 16.3 Å². The van der Waals surface area contributed by atoms with Crippen LogP contribution in [0.5, 0.6) is 0 Å². The van der Waals surface area contributed by atoms with E-state index in [1.807, 2.05) is 31.2 Å². The van der Waals surface area contributed by atoms with E-state index in [9.17, 15) is 0 Å². The lowest BCUT2D eigenvalue weighted by molar-refractivity contribution is 0.317. The van der Waals surface area contributed by atoms with Crippen molar-refractivity contribution in [3.8, 4) is 0 Å². The molecule has 0 unspecified atom stereocenters. The highest BCUT2D eigenvalue weighted by Crippen LogP contribution is 2.07. The summed E-state index contributed by atoms with van der Waals surface area (Å²) in [5.74, 6) is 0. The van der Waals surface area contributed by atoms with E-state index in [0.717, 1.165) is 5.69 Å². The van der Waals surface area contributed by atoms with Crippen LogP contribution in [0.4, 0.5) is 5.69 Å². The first-order chi connectivity index (χ1) is 6.76. The van der Waals surface area contributed by atoms with Gasteiger partial charge in [0.25, 0.3) is 0 Å². The van der Waals surface area contributed by atoms with Crippen LogP contribution in [0.25, 0.3) is 0 Å². The summed E-state index contributed by atoms with van der Waals surface area (Å²) >= 11 is 0. The number of hydrogen-bond donors (Lipinski definition) is 3. The number of rotatable bonds is 4. The van der Waals surface area contributed by atoms with Gasteiger partial charge >= 0.3 is 0 Å². The molecule has 0 saturated carbocycles. The molecule has 1 aromatic carbocycles. The standard InChI is InChI=1S/C10H15N3O/c1-8-2-4-9(5-3-8)12-7-10(6-11)13-14/h2-5,12,14H,6-7,11H2,1H3/b13-10+. The molecule has 0 atom stereocenters. The van der Waals surface area contributed by atoms with E-state index in [1.54, 1.807) is 0 Å². The number of nitrogens with one attached hydrogen (secondary N) is 1. The van der Waals surface area contributed by atoms with Gasteiger partial charge in [-0.05, 0) is 19.1 Å². The van der Waals surface area contributed by atoms with Crippen molar-refractivity contribution < 1.29 is 5.21 Å². The molecule has 0 bridgehead atoms. The molecule has 1 aromatic rings. The van der Waals surface area contributed by atoms with Crippen molar-refractivity contribution in [2.24, 2.45) is 10.9 Å². The Kier molecular flexibility index (Phi) is 3.94. The smallest absolute Gasteiger partial charge is 0.0896 e. The number of benzene rings is 1. The van der Waals surface area contributed by atoms with Crippen molar-refractivity contribution in [2.45, 2.75) is 6.92 Å². The lowest BCUT2D eigenvalue weighted by Crippen LogP contribution is -2.22. The SMILES string of the molecule is Cc1ccc(NC/C(CN)=N/O)cc1. The summed E-state index contributed by atoms with van der Waals surface area (Å²) in [6, 6.07) is 7.97. The first-order valence-electron chi connectivity index (χ1n) is 4.46. The summed E-state index contributed by atoms with van der Waals surface area (Å²) in [5, 5.41) is 14.7. The molecule has 4 heteroatoms. The van der Waals surface area contributed by atoms with E-state index < -0.39 is 0 Å². The van der Waals surface area contributed by atoms with Crippen LogP contribution >= 0.6 is 0 Å². The van der Waals surface area contributed by atoms with Crippen LogP contribution in [0, 0.1) is 6.92 Å². The van der Waals surface area contributed by atoms with E-state index in [-0.39, 0.29) is 6.54 Å². The van der Waals surface area contributed by atoms with Crippen LogP contribution in [0.3, 0.4) is 0 Å². The Morgan fingerprint density at radius 2 is 2.07 bits per heavy atom. The molecule has 14 heavy (non-hydrogen) atoms. The molecule has 0 aliphatic rings. The summed E-state index contributed by atoms with van der Waals surface area (Å²) in [7, 11) is 0. The first kappa shape index (κ1) is 10.5.